The van der Waals surface area contributed by atoms with E-state index < -0.39 is 0 Å². The molecule has 1 aliphatic heterocycles. The van der Waals surface area contributed by atoms with Gasteiger partial charge >= 0.3 is 0 Å². The molecule has 1 aromatic carbocycles. The molecule has 1 atom stereocenters. The molecule has 0 aliphatic carbocycles. The first-order valence-electron chi connectivity index (χ1n) is 7.12. The van der Waals surface area contributed by atoms with E-state index in [0.717, 1.165) is 35.8 Å². The van der Waals surface area contributed by atoms with Gasteiger partial charge < -0.3 is 10.6 Å². The normalized spacial score (nSPS) is 17.9. The van der Waals surface area contributed by atoms with Gasteiger partial charge in [-0.2, -0.15) is 0 Å². The summed E-state index contributed by atoms with van der Waals surface area (Å²) in [7, 11) is 0. The van der Waals surface area contributed by atoms with Crippen LogP contribution in [0.1, 0.15) is 11.6 Å². The second-order valence-corrected chi connectivity index (χ2v) is 6.84. The standard InChI is InChI=1S/C15H19BrN4S/c16-13-4-2-1-3-12(13)14(11-17)19-6-8-20(9-7-19)15-18-5-10-21-15/h1-5,10,14H,6-9,11,17H2. The average Bonchev–Trinajstić information content (AvgIpc) is 3.05. The lowest BCUT2D eigenvalue weighted by atomic mass is 10.0. The summed E-state index contributed by atoms with van der Waals surface area (Å²) in [5.41, 5.74) is 7.33. The van der Waals surface area contributed by atoms with Crippen LogP contribution >= 0.6 is 27.3 Å². The summed E-state index contributed by atoms with van der Waals surface area (Å²) in [5, 5.41) is 3.16. The van der Waals surface area contributed by atoms with E-state index in [0.29, 0.717) is 6.54 Å². The number of aromatic nitrogens is 1. The third kappa shape index (κ3) is 3.29. The summed E-state index contributed by atoms with van der Waals surface area (Å²) in [4.78, 5) is 9.23. The average molecular weight is 367 g/mol. The van der Waals surface area contributed by atoms with Crippen molar-refractivity contribution in [3.05, 3.63) is 45.9 Å². The quantitative estimate of drug-likeness (QED) is 0.903. The van der Waals surface area contributed by atoms with Gasteiger partial charge in [-0.25, -0.2) is 4.98 Å². The van der Waals surface area contributed by atoms with Crippen LogP contribution in [0.25, 0.3) is 0 Å². The Morgan fingerprint density at radius 2 is 2.00 bits per heavy atom. The van der Waals surface area contributed by atoms with Crippen molar-refractivity contribution >= 4 is 32.4 Å². The van der Waals surface area contributed by atoms with Crippen LogP contribution in [0.2, 0.25) is 0 Å². The molecule has 6 heteroatoms. The van der Waals surface area contributed by atoms with Gasteiger partial charge in [0, 0.05) is 54.8 Å². The van der Waals surface area contributed by atoms with Crippen molar-refractivity contribution in [1.29, 1.82) is 0 Å². The molecule has 1 aromatic heterocycles. The molecule has 2 N–H and O–H groups in total. The minimum absolute atomic E-state index is 0.277. The van der Waals surface area contributed by atoms with Crippen LogP contribution in [-0.4, -0.2) is 42.6 Å². The van der Waals surface area contributed by atoms with Crippen molar-refractivity contribution in [2.75, 3.05) is 37.6 Å². The number of benzene rings is 1. The summed E-state index contributed by atoms with van der Waals surface area (Å²) in [5.74, 6) is 0. The predicted octanol–water partition coefficient (Wildman–Crippen LogP) is 2.73. The molecule has 4 nitrogen and oxygen atoms in total. The Bertz CT molecular complexity index is 567. The lowest BCUT2D eigenvalue weighted by molar-refractivity contribution is 0.189. The smallest absolute Gasteiger partial charge is 0.185 e. The Balaban J connectivity index is 1.69. The van der Waals surface area contributed by atoms with Crippen molar-refractivity contribution < 1.29 is 0 Å². The van der Waals surface area contributed by atoms with Gasteiger partial charge in [-0.05, 0) is 11.6 Å². The van der Waals surface area contributed by atoms with E-state index in [1.54, 1.807) is 11.3 Å². The summed E-state index contributed by atoms with van der Waals surface area (Å²) in [6, 6.07) is 8.65. The van der Waals surface area contributed by atoms with Crippen LogP contribution in [0.4, 0.5) is 5.13 Å². The Morgan fingerprint density at radius 1 is 1.24 bits per heavy atom. The highest BCUT2D eigenvalue weighted by molar-refractivity contribution is 9.10. The Hall–Kier alpha value is -0.950. The number of hydrogen-bond donors (Lipinski definition) is 1. The minimum atomic E-state index is 0.277. The maximum atomic E-state index is 6.05. The minimum Gasteiger partial charge on any atom is -0.346 e. The fourth-order valence-corrected chi connectivity index (χ4v) is 4.06. The molecule has 2 heterocycles. The van der Waals surface area contributed by atoms with Crippen LogP contribution < -0.4 is 10.6 Å². The highest BCUT2D eigenvalue weighted by Gasteiger charge is 2.25. The molecule has 1 fully saturated rings. The largest absolute Gasteiger partial charge is 0.346 e. The summed E-state index contributed by atoms with van der Waals surface area (Å²) in [6.07, 6.45) is 1.87. The molecular weight excluding hydrogens is 348 g/mol. The zero-order chi connectivity index (χ0) is 14.7. The molecular formula is C15H19BrN4S. The zero-order valence-corrected chi connectivity index (χ0v) is 14.2. The summed E-state index contributed by atoms with van der Waals surface area (Å²) < 4.78 is 1.14. The zero-order valence-electron chi connectivity index (χ0n) is 11.8. The third-order valence-electron chi connectivity index (χ3n) is 3.93. The van der Waals surface area contributed by atoms with Crippen molar-refractivity contribution in [2.24, 2.45) is 5.73 Å². The van der Waals surface area contributed by atoms with Crippen LogP contribution in [-0.2, 0) is 0 Å². The van der Waals surface area contributed by atoms with E-state index in [4.69, 9.17) is 5.73 Å². The number of piperazine rings is 1. The van der Waals surface area contributed by atoms with Gasteiger partial charge in [-0.3, -0.25) is 4.90 Å². The molecule has 1 aliphatic rings. The van der Waals surface area contributed by atoms with E-state index in [2.05, 4.69) is 48.9 Å². The van der Waals surface area contributed by atoms with Gasteiger partial charge in [-0.1, -0.05) is 34.1 Å². The van der Waals surface area contributed by atoms with Crippen molar-refractivity contribution in [3.63, 3.8) is 0 Å². The lowest BCUT2D eigenvalue weighted by Gasteiger charge is -2.39. The number of hydrogen-bond acceptors (Lipinski definition) is 5. The molecule has 21 heavy (non-hydrogen) atoms. The predicted molar refractivity (Wildman–Crippen MR) is 91.8 cm³/mol. The number of halogens is 1. The highest BCUT2D eigenvalue weighted by atomic mass is 79.9. The maximum Gasteiger partial charge on any atom is 0.185 e. The van der Waals surface area contributed by atoms with Crippen molar-refractivity contribution in [3.8, 4) is 0 Å². The summed E-state index contributed by atoms with van der Waals surface area (Å²) >= 11 is 5.35. The van der Waals surface area contributed by atoms with Crippen LogP contribution in [0.5, 0.6) is 0 Å². The van der Waals surface area contributed by atoms with Gasteiger partial charge in [0.15, 0.2) is 5.13 Å². The third-order valence-corrected chi connectivity index (χ3v) is 5.49. The van der Waals surface area contributed by atoms with Crippen molar-refractivity contribution in [1.82, 2.24) is 9.88 Å². The first-order chi connectivity index (χ1) is 10.3. The van der Waals surface area contributed by atoms with Crippen molar-refractivity contribution in [2.45, 2.75) is 6.04 Å². The van der Waals surface area contributed by atoms with Gasteiger partial charge in [0.05, 0.1) is 0 Å². The van der Waals surface area contributed by atoms with Crippen LogP contribution in [0.3, 0.4) is 0 Å². The Labute approximate surface area is 137 Å². The van der Waals surface area contributed by atoms with Crippen LogP contribution in [0, 0.1) is 0 Å². The molecule has 1 saturated heterocycles. The number of rotatable bonds is 4. The first kappa shape index (κ1) is 15.0. The number of nitrogens with zero attached hydrogens (tertiary/aromatic N) is 3. The van der Waals surface area contributed by atoms with E-state index in [1.165, 1.54) is 5.56 Å². The van der Waals surface area contributed by atoms with Crippen LogP contribution in [0.15, 0.2) is 40.3 Å². The lowest BCUT2D eigenvalue weighted by Crippen LogP contribution is -2.49. The molecule has 3 rings (SSSR count). The van der Waals surface area contributed by atoms with Gasteiger partial charge in [0.25, 0.3) is 0 Å². The number of thiazole rings is 1. The molecule has 1 unspecified atom stereocenters. The molecule has 112 valence electrons. The van der Waals surface area contributed by atoms with E-state index in [9.17, 15) is 0 Å². The molecule has 2 aromatic rings. The fourth-order valence-electron chi connectivity index (χ4n) is 2.82. The molecule has 0 bridgehead atoms. The van der Waals surface area contributed by atoms with E-state index in [-0.39, 0.29) is 6.04 Å². The van der Waals surface area contributed by atoms with Gasteiger partial charge in [0.2, 0.25) is 0 Å². The Kier molecular flexibility index (Phi) is 4.90. The molecule has 0 saturated carbocycles. The van der Waals surface area contributed by atoms with Gasteiger partial charge in [-0.15, -0.1) is 11.3 Å². The highest BCUT2D eigenvalue weighted by Crippen LogP contribution is 2.29. The maximum absolute atomic E-state index is 6.05. The second kappa shape index (κ2) is 6.87. The van der Waals surface area contributed by atoms with E-state index >= 15 is 0 Å². The number of nitrogens with two attached hydrogens (primary N) is 1. The van der Waals surface area contributed by atoms with Gasteiger partial charge in [0.1, 0.15) is 0 Å². The second-order valence-electron chi connectivity index (χ2n) is 5.11. The molecule has 0 spiro atoms. The first-order valence-corrected chi connectivity index (χ1v) is 8.80. The SMILES string of the molecule is NCC(c1ccccc1Br)N1CCN(c2nccs2)CC1. The molecule has 0 radical (unpaired) electrons. The summed E-state index contributed by atoms with van der Waals surface area (Å²) in [6.45, 7) is 4.69. The number of anilines is 1. The topological polar surface area (TPSA) is 45.4 Å². The Morgan fingerprint density at radius 3 is 2.62 bits per heavy atom. The monoisotopic (exact) mass is 366 g/mol. The fraction of sp³-hybridized carbons (Fsp3) is 0.400. The van der Waals surface area contributed by atoms with E-state index in [1.807, 2.05) is 17.6 Å². The molecule has 0 amide bonds.